The van der Waals surface area contributed by atoms with Crippen LogP contribution < -0.4 is 10.6 Å². The third-order valence-electron chi connectivity index (χ3n) is 10.6. The quantitative estimate of drug-likeness (QED) is 0.165. The van der Waals surface area contributed by atoms with Gasteiger partial charge < -0.3 is 25.2 Å². The molecule has 46 heavy (non-hydrogen) atoms. The number of aliphatic hydroxyl groups is 1. The maximum absolute atomic E-state index is 13.2. The minimum absolute atomic E-state index is 0.00940. The summed E-state index contributed by atoms with van der Waals surface area (Å²) < 4.78 is 15.5. The van der Waals surface area contributed by atoms with E-state index in [9.17, 15) is 9.90 Å². The summed E-state index contributed by atoms with van der Waals surface area (Å²) in [5.41, 5.74) is 4.60. The van der Waals surface area contributed by atoms with Gasteiger partial charge in [-0.1, -0.05) is 67.2 Å². The van der Waals surface area contributed by atoms with Gasteiger partial charge in [0.15, 0.2) is 10.6 Å². The molecule has 4 bridgehead atoms. The fraction of sp³-hybridized carbons (Fsp3) is 0.459. The molecule has 240 valence electrons. The predicted octanol–water partition coefficient (Wildman–Crippen LogP) is 8.46. The molecule has 4 saturated carbocycles. The molecule has 2 heterocycles. The van der Waals surface area contributed by atoms with E-state index in [1.807, 2.05) is 60.7 Å². The van der Waals surface area contributed by atoms with Crippen LogP contribution in [0.5, 0.6) is 0 Å². The molecule has 4 aromatic rings. The number of aliphatic hydroxyl groups excluding tert-OH is 1. The molecule has 5 fully saturated rings. The molecule has 9 heteroatoms. The van der Waals surface area contributed by atoms with E-state index in [1.54, 1.807) is 23.1 Å². The number of hydrogen-bond donors (Lipinski definition) is 3. The van der Waals surface area contributed by atoms with Crippen molar-refractivity contribution in [2.45, 2.75) is 80.4 Å². The van der Waals surface area contributed by atoms with Gasteiger partial charge in [0, 0.05) is 28.5 Å². The predicted molar refractivity (Wildman–Crippen MR) is 183 cm³/mol. The maximum Gasteiger partial charge on any atom is 0.319 e. The fourth-order valence-corrected chi connectivity index (χ4v) is 11.0. The van der Waals surface area contributed by atoms with Crippen molar-refractivity contribution < 1.29 is 19.4 Å². The number of rotatable bonds is 8. The normalized spacial score (nSPS) is 31.7. The van der Waals surface area contributed by atoms with Gasteiger partial charge in [0.25, 0.3) is 0 Å². The smallest absolute Gasteiger partial charge is 0.319 e. The number of nitrogens with zero attached hydrogens (tertiary/aromatic N) is 1. The lowest BCUT2D eigenvalue weighted by atomic mass is 9.53. The Kier molecular flexibility index (Phi) is 8.31. The lowest BCUT2D eigenvalue weighted by Crippen LogP contribution is -2.60. The average molecular weight is 656 g/mol. The number of anilines is 1. The van der Waals surface area contributed by atoms with Gasteiger partial charge >= 0.3 is 6.03 Å². The van der Waals surface area contributed by atoms with Crippen LogP contribution in [0.2, 0.25) is 0 Å². The Morgan fingerprint density at radius 2 is 1.61 bits per heavy atom. The summed E-state index contributed by atoms with van der Waals surface area (Å²) in [5, 5.41) is 16.1. The first-order valence-corrected chi connectivity index (χ1v) is 18.4. The van der Waals surface area contributed by atoms with Crippen LogP contribution in [0.15, 0.2) is 77.1 Å². The molecular weight excluding hydrogens is 615 g/mol. The minimum atomic E-state index is -0.561. The highest BCUT2D eigenvalue weighted by atomic mass is 32.2. The van der Waals surface area contributed by atoms with Gasteiger partial charge in [-0.25, -0.2) is 9.78 Å². The van der Waals surface area contributed by atoms with E-state index in [-0.39, 0.29) is 36.3 Å². The first-order valence-electron chi connectivity index (χ1n) is 16.6. The number of urea groups is 1. The summed E-state index contributed by atoms with van der Waals surface area (Å²) in [6.07, 6.45) is 6.61. The van der Waals surface area contributed by atoms with E-state index in [1.165, 1.54) is 24.0 Å². The van der Waals surface area contributed by atoms with Gasteiger partial charge in [0.05, 0.1) is 29.0 Å². The van der Waals surface area contributed by atoms with Crippen LogP contribution in [0.3, 0.4) is 0 Å². The molecule has 5 aliphatic rings. The summed E-state index contributed by atoms with van der Waals surface area (Å²) in [7, 11) is 0. The minimum Gasteiger partial charge on any atom is -0.392 e. The highest BCUT2D eigenvalue weighted by molar-refractivity contribution is 8.01. The Bertz CT molecular complexity index is 1620. The number of thiazole rings is 1. The topological polar surface area (TPSA) is 92.7 Å². The lowest BCUT2D eigenvalue weighted by molar-refractivity contribution is -0.268. The van der Waals surface area contributed by atoms with Crippen LogP contribution in [-0.4, -0.2) is 33.5 Å². The second-order valence-electron chi connectivity index (χ2n) is 14.0. The third kappa shape index (κ3) is 6.20. The zero-order valence-corrected chi connectivity index (χ0v) is 27.7. The molecule has 4 aliphatic carbocycles. The summed E-state index contributed by atoms with van der Waals surface area (Å²) >= 11 is 3.44. The molecule has 7 nitrogen and oxygen atoms in total. The molecule has 1 saturated heterocycles. The van der Waals surface area contributed by atoms with Crippen LogP contribution in [0.4, 0.5) is 10.5 Å². The third-order valence-corrected chi connectivity index (χ3v) is 12.9. The highest BCUT2D eigenvalue weighted by Gasteiger charge is 2.51. The number of hydrogen-bond acceptors (Lipinski definition) is 7. The largest absolute Gasteiger partial charge is 0.392 e. The molecule has 3 aromatic carbocycles. The van der Waals surface area contributed by atoms with Crippen molar-refractivity contribution in [2.75, 3.05) is 11.1 Å². The molecule has 0 unspecified atom stereocenters. The summed E-state index contributed by atoms with van der Waals surface area (Å²) in [4.78, 5) is 18.0. The highest BCUT2D eigenvalue weighted by Crippen LogP contribution is 2.55. The number of aromatic nitrogens is 1. The van der Waals surface area contributed by atoms with Crippen molar-refractivity contribution in [2.24, 2.45) is 23.7 Å². The average Bonchev–Trinajstić information content (AvgIpc) is 3.47. The zero-order chi connectivity index (χ0) is 31.3. The summed E-state index contributed by atoms with van der Waals surface area (Å²) in [6, 6.07) is 24.0. The van der Waals surface area contributed by atoms with Crippen molar-refractivity contribution in [1.82, 2.24) is 10.3 Å². The Morgan fingerprint density at radius 3 is 2.28 bits per heavy atom. The molecular formula is C37H41N3O4S2. The molecule has 3 N–H and O–H groups in total. The van der Waals surface area contributed by atoms with Gasteiger partial charge in [0.2, 0.25) is 0 Å². The van der Waals surface area contributed by atoms with Crippen LogP contribution in [-0.2, 0) is 16.1 Å². The van der Waals surface area contributed by atoms with Crippen molar-refractivity contribution in [3.63, 3.8) is 0 Å². The number of fused-ring (bicyclic) bond motifs is 1. The van der Waals surface area contributed by atoms with E-state index >= 15 is 0 Å². The van der Waals surface area contributed by atoms with E-state index in [2.05, 4.69) is 29.7 Å². The van der Waals surface area contributed by atoms with Crippen LogP contribution in [0.1, 0.15) is 74.5 Å². The Balaban J connectivity index is 0.966. The number of carbonyl (C=O) groups excluding carboxylic acids is 1. The Labute approximate surface area is 278 Å². The molecule has 2 amide bonds. The zero-order valence-electron chi connectivity index (χ0n) is 26.1. The van der Waals surface area contributed by atoms with Crippen molar-refractivity contribution >= 4 is 45.0 Å². The van der Waals surface area contributed by atoms with Crippen molar-refractivity contribution in [1.29, 1.82) is 0 Å². The molecule has 0 radical (unpaired) electrons. The summed E-state index contributed by atoms with van der Waals surface area (Å²) in [6.45, 7) is 2.19. The first-order chi connectivity index (χ1) is 22.4. The SMILES string of the molecule is C[C@@H]1[C@H](CSc2nc3ccccc3s2)O[C@H](c2ccc(NC(=O)NC34CC5CC(CC(C5)C3)C4)cc2)O[C@@H]1c1ccc(CO)cc1. The molecule has 0 spiro atoms. The molecule has 4 atom stereocenters. The number of para-hydroxylation sites is 1. The van der Waals surface area contributed by atoms with Crippen LogP contribution in [0.25, 0.3) is 10.2 Å². The van der Waals surface area contributed by atoms with Gasteiger partial charge in [-0.3, -0.25) is 0 Å². The van der Waals surface area contributed by atoms with Crippen LogP contribution >= 0.6 is 23.1 Å². The van der Waals surface area contributed by atoms with Gasteiger partial charge in [-0.05, 0) is 91.7 Å². The second kappa shape index (κ2) is 12.6. The maximum atomic E-state index is 13.2. The Morgan fingerprint density at radius 1 is 0.935 bits per heavy atom. The number of carbonyl (C=O) groups is 1. The first kappa shape index (κ1) is 30.4. The van der Waals surface area contributed by atoms with Crippen LogP contribution in [0, 0.1) is 23.7 Å². The Hall–Kier alpha value is -2.95. The van der Waals surface area contributed by atoms with Gasteiger partial charge in [-0.2, -0.15) is 0 Å². The summed E-state index contributed by atoms with van der Waals surface area (Å²) in [5.74, 6) is 3.18. The number of amides is 2. The fourth-order valence-electron chi connectivity index (χ4n) is 8.77. The molecule has 1 aliphatic heterocycles. The van der Waals surface area contributed by atoms with Crippen molar-refractivity contribution in [3.8, 4) is 0 Å². The van der Waals surface area contributed by atoms with E-state index < -0.39 is 6.29 Å². The van der Waals surface area contributed by atoms with E-state index in [4.69, 9.17) is 14.5 Å². The number of benzene rings is 3. The van der Waals surface area contributed by atoms with E-state index in [0.29, 0.717) is 0 Å². The molecule has 9 rings (SSSR count). The van der Waals surface area contributed by atoms with Crippen molar-refractivity contribution in [3.05, 3.63) is 89.5 Å². The number of nitrogens with one attached hydrogen (secondary N) is 2. The van der Waals surface area contributed by atoms with Gasteiger partial charge in [-0.15, -0.1) is 11.3 Å². The monoisotopic (exact) mass is 655 g/mol. The lowest BCUT2D eigenvalue weighted by Gasteiger charge is -2.56. The van der Waals surface area contributed by atoms with Gasteiger partial charge in [0.1, 0.15) is 0 Å². The number of ether oxygens (including phenoxy) is 2. The standard InChI is InChI=1S/C37H41N3O4S2/c1-22-31(21-45-36-39-30-4-2-3-5-32(30)46-36)43-34(44-33(22)27-8-6-23(20-41)7-9-27)28-10-12-29(13-11-28)38-35(42)40-37-17-24-14-25(18-37)16-26(15-24)19-37/h2-13,22,24-26,31,33-34,41H,14-21H2,1H3,(H2,38,40,42)/t22-,24?,25?,26?,31+,33+,34+,37?/m1/s1. The molecule has 1 aromatic heterocycles. The van der Waals surface area contributed by atoms with E-state index in [0.717, 1.165) is 75.0 Å². The second-order valence-corrected chi connectivity index (χ2v) is 16.3. The number of thioether (sulfide) groups is 1.